The summed E-state index contributed by atoms with van der Waals surface area (Å²) in [7, 11) is 2.79. The van der Waals surface area contributed by atoms with Crippen molar-refractivity contribution in [3.8, 4) is 22.5 Å². The van der Waals surface area contributed by atoms with Crippen molar-refractivity contribution in [1.29, 1.82) is 0 Å². The maximum Gasteiger partial charge on any atom is 0.407 e. The number of aromatic amines is 2. The molecule has 0 saturated carbocycles. The van der Waals surface area contributed by atoms with Crippen molar-refractivity contribution < 1.29 is 28.3 Å². The summed E-state index contributed by atoms with van der Waals surface area (Å²) in [5.41, 5.74) is 4.98. The Labute approximate surface area is 278 Å². The number of benzene rings is 2. The Morgan fingerprint density at radius 3 is 2.33 bits per heavy atom. The Kier molecular flexibility index (Phi) is 9.76. The third-order valence-electron chi connectivity index (χ3n) is 8.99. The minimum atomic E-state index is -0.638. The molecule has 1 aliphatic rings. The number of methoxy groups -OCH3 is 2. The Morgan fingerprint density at radius 1 is 1.00 bits per heavy atom. The summed E-state index contributed by atoms with van der Waals surface area (Å²) in [5.74, 6) is 1.42. The lowest BCUT2D eigenvalue weighted by Gasteiger charge is -2.26. The van der Waals surface area contributed by atoms with Crippen molar-refractivity contribution in [2.45, 2.75) is 45.7 Å². The van der Waals surface area contributed by atoms with Crippen LogP contribution in [-0.2, 0) is 25.6 Å². The number of H-pyrrole nitrogens is 2. The van der Waals surface area contributed by atoms with Crippen LogP contribution in [0.3, 0.4) is 0 Å². The molecule has 1 fully saturated rings. The lowest BCUT2D eigenvalue weighted by Crippen LogP contribution is -2.40. The summed E-state index contributed by atoms with van der Waals surface area (Å²) < 4.78 is 16.0. The number of carbonyl (C=O) groups is 3. The minimum Gasteiger partial charge on any atom is -0.456 e. The fourth-order valence-corrected chi connectivity index (χ4v) is 6.55. The highest BCUT2D eigenvalue weighted by atomic mass is 16.5. The zero-order chi connectivity index (χ0) is 33.8. The van der Waals surface area contributed by atoms with Gasteiger partial charge in [0.15, 0.2) is 0 Å². The first-order valence-electron chi connectivity index (χ1n) is 16.3. The molecule has 0 radical (unpaired) electrons. The zero-order valence-corrected chi connectivity index (χ0v) is 27.7. The van der Waals surface area contributed by atoms with Gasteiger partial charge in [-0.25, -0.2) is 14.8 Å². The number of fused-ring (bicyclic) bond motifs is 3. The van der Waals surface area contributed by atoms with Crippen LogP contribution in [0.25, 0.3) is 44.5 Å². The van der Waals surface area contributed by atoms with Gasteiger partial charge in [0.1, 0.15) is 36.0 Å². The molecule has 0 spiro atoms. The summed E-state index contributed by atoms with van der Waals surface area (Å²) in [6.45, 7) is 5.65. The average Bonchev–Trinajstić information content (AvgIpc) is 3.91. The zero-order valence-electron chi connectivity index (χ0n) is 27.7. The number of rotatable bonds is 12. The summed E-state index contributed by atoms with van der Waals surface area (Å²) >= 11 is 0. The van der Waals surface area contributed by atoms with E-state index in [-0.39, 0.29) is 36.9 Å². The van der Waals surface area contributed by atoms with Crippen molar-refractivity contribution in [1.82, 2.24) is 35.1 Å². The van der Waals surface area contributed by atoms with Gasteiger partial charge >= 0.3 is 6.09 Å². The van der Waals surface area contributed by atoms with Gasteiger partial charge < -0.3 is 39.0 Å². The van der Waals surface area contributed by atoms with Gasteiger partial charge in [-0.2, -0.15) is 0 Å². The molecule has 2 atom stereocenters. The van der Waals surface area contributed by atoms with Gasteiger partial charge in [-0.3, -0.25) is 9.59 Å². The molecule has 3 N–H and O–H groups in total. The van der Waals surface area contributed by atoms with E-state index in [1.54, 1.807) is 22.2 Å². The molecule has 2 aromatic carbocycles. The highest BCUT2D eigenvalue weighted by molar-refractivity contribution is 6.06. The van der Waals surface area contributed by atoms with E-state index in [1.807, 2.05) is 43.3 Å². The number of imidazole rings is 2. The van der Waals surface area contributed by atoms with Gasteiger partial charge in [0.2, 0.25) is 11.8 Å². The molecule has 48 heavy (non-hydrogen) atoms. The van der Waals surface area contributed by atoms with Crippen molar-refractivity contribution in [3.05, 3.63) is 60.4 Å². The predicted molar refractivity (Wildman–Crippen MR) is 180 cm³/mol. The number of amides is 3. The van der Waals surface area contributed by atoms with Gasteiger partial charge in [-0.15, -0.1) is 0 Å². The van der Waals surface area contributed by atoms with E-state index in [4.69, 9.17) is 14.1 Å². The molecule has 0 unspecified atom stereocenters. The normalized spacial score (nSPS) is 16.1. The van der Waals surface area contributed by atoms with E-state index in [1.165, 1.54) is 14.2 Å². The molecule has 0 aliphatic carbocycles. The second-order valence-corrected chi connectivity index (χ2v) is 12.0. The highest BCUT2D eigenvalue weighted by Gasteiger charge is 2.39. The minimum absolute atomic E-state index is 0.0383. The molecule has 1 aliphatic heterocycles. The van der Waals surface area contributed by atoms with Crippen LogP contribution in [0.4, 0.5) is 4.79 Å². The van der Waals surface area contributed by atoms with Crippen LogP contribution in [0.1, 0.15) is 50.8 Å². The molecule has 6 rings (SSSR count). The molecule has 4 heterocycles. The molecule has 13 nitrogen and oxygen atoms in total. The molecule has 3 aromatic heterocycles. The lowest BCUT2D eigenvalue weighted by molar-refractivity contribution is -0.136. The molecular weight excluding hydrogens is 614 g/mol. The van der Waals surface area contributed by atoms with E-state index in [0.29, 0.717) is 25.5 Å². The fourth-order valence-electron chi connectivity index (χ4n) is 6.55. The van der Waals surface area contributed by atoms with Gasteiger partial charge in [-0.1, -0.05) is 32.4 Å². The standard InChI is InChI=1S/C35H41N7O6/c1-5-12-41(32(44)20-46-3)19-30-36-16-26(39-30)22-7-9-24-25-10-8-23(15-29(25)48-28(24)14-22)27-17-37-34(40-27)33-21(6-2)11-13-42(33)31(43)18-38-35(45)47-4/h7-10,14-17,21,33H,5-6,11-13,18-20H2,1-4H3,(H,36,39)(H,37,40)(H,38,45)/t21-,33+/m1/s1. The topological polar surface area (TPSA) is 159 Å². The van der Waals surface area contributed by atoms with Crippen LogP contribution in [0.15, 0.2) is 53.2 Å². The van der Waals surface area contributed by atoms with Crippen LogP contribution in [-0.4, -0.2) is 88.1 Å². The van der Waals surface area contributed by atoms with Crippen molar-refractivity contribution in [3.63, 3.8) is 0 Å². The van der Waals surface area contributed by atoms with Gasteiger partial charge in [0, 0.05) is 42.1 Å². The number of nitrogens with zero attached hydrogens (tertiary/aromatic N) is 4. The predicted octanol–water partition coefficient (Wildman–Crippen LogP) is 5.41. The molecular formula is C35H41N7O6. The van der Waals surface area contributed by atoms with E-state index < -0.39 is 6.09 Å². The Hall–Kier alpha value is -5.17. The third kappa shape index (κ3) is 6.63. The first kappa shape index (κ1) is 32.8. The lowest BCUT2D eigenvalue weighted by atomic mass is 9.97. The van der Waals surface area contributed by atoms with Crippen LogP contribution in [0.2, 0.25) is 0 Å². The highest BCUT2D eigenvalue weighted by Crippen LogP contribution is 2.39. The van der Waals surface area contributed by atoms with Gasteiger partial charge in [0.05, 0.1) is 43.5 Å². The molecule has 13 heteroatoms. The summed E-state index contributed by atoms with van der Waals surface area (Å²) in [4.78, 5) is 56.6. The second-order valence-electron chi connectivity index (χ2n) is 12.0. The Bertz CT molecular complexity index is 1930. The van der Waals surface area contributed by atoms with Crippen molar-refractivity contribution in [2.75, 3.05) is 40.5 Å². The number of hydrogen-bond acceptors (Lipinski definition) is 8. The quantitative estimate of drug-likeness (QED) is 0.161. The Morgan fingerprint density at radius 2 is 1.69 bits per heavy atom. The number of ether oxygens (including phenoxy) is 2. The first-order valence-corrected chi connectivity index (χ1v) is 16.3. The van der Waals surface area contributed by atoms with E-state index in [2.05, 4.69) is 31.9 Å². The van der Waals surface area contributed by atoms with Crippen LogP contribution in [0, 0.1) is 5.92 Å². The van der Waals surface area contributed by atoms with Gasteiger partial charge in [-0.05, 0) is 43.0 Å². The van der Waals surface area contributed by atoms with Crippen molar-refractivity contribution in [2.24, 2.45) is 5.92 Å². The van der Waals surface area contributed by atoms with Crippen LogP contribution in [0.5, 0.6) is 0 Å². The van der Waals surface area contributed by atoms with Crippen molar-refractivity contribution >= 4 is 39.8 Å². The maximum absolute atomic E-state index is 13.0. The number of nitrogens with one attached hydrogen (secondary N) is 3. The van der Waals surface area contributed by atoms with Gasteiger partial charge in [0.25, 0.3) is 0 Å². The average molecular weight is 656 g/mol. The van der Waals surface area contributed by atoms with Crippen LogP contribution < -0.4 is 5.32 Å². The molecule has 1 saturated heterocycles. The summed E-state index contributed by atoms with van der Waals surface area (Å²) in [5, 5.41) is 4.48. The number of alkyl carbamates (subject to hydrolysis) is 1. The van der Waals surface area contributed by atoms with E-state index in [9.17, 15) is 14.4 Å². The number of likely N-dealkylation sites (tertiary alicyclic amines) is 1. The second kappa shape index (κ2) is 14.3. The number of furan rings is 1. The van der Waals surface area contributed by atoms with E-state index >= 15 is 0 Å². The SMILES string of the molecule is CCCN(Cc1ncc(-c2ccc3c(c2)oc2cc(-c4cnc([C@@H]5[C@H](CC)CCN5C(=O)CNC(=O)OC)[nH]4)ccc23)[nH]1)C(=O)COC. The largest absolute Gasteiger partial charge is 0.456 e. The molecule has 5 aromatic rings. The van der Waals surface area contributed by atoms with E-state index in [0.717, 1.165) is 69.5 Å². The molecule has 252 valence electrons. The molecule has 0 bridgehead atoms. The van der Waals surface area contributed by atoms with Crippen LogP contribution >= 0.6 is 0 Å². The Balaban J connectivity index is 1.22. The monoisotopic (exact) mass is 655 g/mol. The summed E-state index contributed by atoms with van der Waals surface area (Å²) in [6, 6.07) is 11.9. The number of carbonyl (C=O) groups excluding carboxylic acids is 3. The molecule has 3 amide bonds. The number of hydrogen-bond donors (Lipinski definition) is 3. The fraction of sp³-hybridized carbons (Fsp3) is 0.400. The first-order chi connectivity index (χ1) is 23.3. The third-order valence-corrected chi connectivity index (χ3v) is 8.99. The maximum atomic E-state index is 13.0. The summed E-state index contributed by atoms with van der Waals surface area (Å²) in [6.07, 6.45) is 5.52. The number of aromatic nitrogens is 4. The smallest absolute Gasteiger partial charge is 0.407 e.